The summed E-state index contributed by atoms with van der Waals surface area (Å²) in [4.78, 5) is 41.1. The van der Waals surface area contributed by atoms with Crippen molar-refractivity contribution in [3.63, 3.8) is 0 Å². The minimum absolute atomic E-state index is 0.126. The van der Waals surface area contributed by atoms with Crippen LogP contribution >= 0.6 is 0 Å². The topological polar surface area (TPSA) is 74.7 Å². The summed E-state index contributed by atoms with van der Waals surface area (Å²) < 4.78 is 16.2. The van der Waals surface area contributed by atoms with Crippen molar-refractivity contribution in [2.75, 3.05) is 26.2 Å². The van der Waals surface area contributed by atoms with Crippen molar-refractivity contribution in [3.05, 3.63) is 71.7 Å². The number of carbonyl (C=O) groups is 3. The number of halogens is 1. The summed E-state index contributed by atoms with van der Waals surface area (Å²) >= 11 is 0. The Morgan fingerprint density at radius 1 is 0.909 bits per heavy atom. The molecule has 5 rings (SSSR count). The fourth-order valence-corrected chi connectivity index (χ4v) is 4.25. The first-order valence-corrected chi connectivity index (χ1v) is 11.2. The summed E-state index contributed by atoms with van der Waals surface area (Å²) in [5.41, 5.74) is 1.84. The minimum Gasteiger partial charge on any atom is -0.345 e. The Bertz CT molecular complexity index is 1230. The molecular formula is C25H25FN4O3. The van der Waals surface area contributed by atoms with Crippen LogP contribution in [0.4, 0.5) is 4.39 Å². The molecule has 1 aliphatic heterocycles. The second-order valence-corrected chi connectivity index (χ2v) is 8.60. The standard InChI is InChI=1S/C25H25FN4O3/c26-20-7-3-1-6-18(20)16-30-21-8-4-2-5-17(21)15-22(30)24(32)28-11-13-29(14-12-28)25(33)23(31)27-19-9-10-19/h1-8,15,19H,9-14,16H2,(H,27,31). The van der Waals surface area contributed by atoms with Gasteiger partial charge in [-0.15, -0.1) is 0 Å². The summed E-state index contributed by atoms with van der Waals surface area (Å²) in [5.74, 6) is -1.59. The van der Waals surface area contributed by atoms with E-state index in [-0.39, 0.29) is 24.3 Å². The number of rotatable bonds is 4. The van der Waals surface area contributed by atoms with Gasteiger partial charge in [-0.2, -0.15) is 0 Å². The largest absolute Gasteiger partial charge is 0.345 e. The van der Waals surface area contributed by atoms with Crippen LogP contribution in [0.15, 0.2) is 54.6 Å². The van der Waals surface area contributed by atoms with E-state index in [2.05, 4.69) is 5.32 Å². The van der Waals surface area contributed by atoms with Gasteiger partial charge in [0.25, 0.3) is 5.91 Å². The first kappa shape index (κ1) is 21.2. The molecule has 0 bridgehead atoms. The molecular weight excluding hydrogens is 423 g/mol. The number of amides is 3. The first-order chi connectivity index (χ1) is 16.0. The van der Waals surface area contributed by atoms with Crippen molar-refractivity contribution in [2.45, 2.75) is 25.4 Å². The third kappa shape index (κ3) is 4.33. The number of aromatic nitrogens is 1. The number of hydrogen-bond acceptors (Lipinski definition) is 3. The van der Waals surface area contributed by atoms with E-state index in [1.807, 2.05) is 34.9 Å². The van der Waals surface area contributed by atoms with E-state index in [0.29, 0.717) is 37.4 Å². The predicted molar refractivity (Wildman–Crippen MR) is 121 cm³/mol. The molecule has 3 aromatic rings. The molecule has 2 aromatic carbocycles. The fourth-order valence-electron chi connectivity index (χ4n) is 4.25. The zero-order valence-electron chi connectivity index (χ0n) is 18.2. The molecule has 33 heavy (non-hydrogen) atoms. The van der Waals surface area contributed by atoms with Crippen molar-refractivity contribution in [1.29, 1.82) is 0 Å². The summed E-state index contributed by atoms with van der Waals surface area (Å²) in [5, 5.41) is 3.62. The lowest BCUT2D eigenvalue weighted by Gasteiger charge is -2.34. The molecule has 7 nitrogen and oxygen atoms in total. The highest BCUT2D eigenvalue weighted by Crippen LogP contribution is 2.24. The maximum Gasteiger partial charge on any atom is 0.312 e. The lowest BCUT2D eigenvalue weighted by Crippen LogP contribution is -2.54. The number of carbonyl (C=O) groups excluding carboxylic acids is 3. The van der Waals surface area contributed by atoms with Crippen molar-refractivity contribution in [3.8, 4) is 0 Å². The Balaban J connectivity index is 1.34. The Hall–Kier alpha value is -3.68. The van der Waals surface area contributed by atoms with E-state index in [1.165, 1.54) is 11.0 Å². The zero-order chi connectivity index (χ0) is 22.9. The monoisotopic (exact) mass is 448 g/mol. The number of nitrogens with one attached hydrogen (secondary N) is 1. The summed E-state index contributed by atoms with van der Waals surface area (Å²) in [6.07, 6.45) is 1.84. The van der Waals surface area contributed by atoms with E-state index >= 15 is 0 Å². The van der Waals surface area contributed by atoms with Gasteiger partial charge in [0, 0.05) is 48.7 Å². The molecule has 1 aliphatic carbocycles. The van der Waals surface area contributed by atoms with Crippen molar-refractivity contribution in [1.82, 2.24) is 19.7 Å². The van der Waals surface area contributed by atoms with Gasteiger partial charge in [-0.05, 0) is 31.0 Å². The van der Waals surface area contributed by atoms with Crippen molar-refractivity contribution in [2.24, 2.45) is 0 Å². The molecule has 3 amide bonds. The van der Waals surface area contributed by atoms with Crippen molar-refractivity contribution < 1.29 is 18.8 Å². The fraction of sp³-hybridized carbons (Fsp3) is 0.320. The molecule has 8 heteroatoms. The normalized spacial score (nSPS) is 16.2. The summed E-state index contributed by atoms with van der Waals surface area (Å²) in [7, 11) is 0. The minimum atomic E-state index is -0.567. The molecule has 0 radical (unpaired) electrons. The molecule has 2 heterocycles. The molecule has 1 aromatic heterocycles. The molecule has 2 fully saturated rings. The third-order valence-corrected chi connectivity index (χ3v) is 6.28. The van der Waals surface area contributed by atoms with Crippen LogP contribution in [0.5, 0.6) is 0 Å². The Kier molecular flexibility index (Phi) is 5.58. The summed E-state index contributed by atoms with van der Waals surface area (Å²) in [6.45, 7) is 1.51. The molecule has 1 saturated heterocycles. The van der Waals surface area contributed by atoms with Gasteiger partial charge in [0.05, 0.1) is 6.54 Å². The average molecular weight is 448 g/mol. The number of fused-ring (bicyclic) bond motifs is 1. The van der Waals surface area contributed by atoms with E-state index in [1.54, 1.807) is 23.1 Å². The lowest BCUT2D eigenvalue weighted by atomic mass is 10.2. The molecule has 1 N–H and O–H groups in total. The number of para-hydroxylation sites is 1. The number of nitrogens with zero attached hydrogens (tertiary/aromatic N) is 3. The van der Waals surface area contributed by atoms with E-state index in [4.69, 9.17) is 0 Å². The Labute approximate surface area is 190 Å². The lowest BCUT2D eigenvalue weighted by molar-refractivity contribution is -0.146. The van der Waals surface area contributed by atoms with Crippen LogP contribution in [0.3, 0.4) is 0 Å². The predicted octanol–water partition coefficient (Wildman–Crippen LogP) is 2.39. The number of piperazine rings is 1. The van der Waals surface area contributed by atoms with Crippen LogP contribution < -0.4 is 5.32 Å². The Morgan fingerprint density at radius 2 is 1.58 bits per heavy atom. The molecule has 170 valence electrons. The van der Waals surface area contributed by atoms with Crippen LogP contribution in [0.1, 0.15) is 28.9 Å². The van der Waals surface area contributed by atoms with E-state index in [9.17, 15) is 18.8 Å². The average Bonchev–Trinajstić information content (AvgIpc) is 3.58. The van der Waals surface area contributed by atoms with Crippen LogP contribution in [0.2, 0.25) is 0 Å². The van der Waals surface area contributed by atoms with Gasteiger partial charge < -0.3 is 19.7 Å². The zero-order valence-corrected chi connectivity index (χ0v) is 18.2. The molecule has 1 saturated carbocycles. The van der Waals surface area contributed by atoms with Gasteiger partial charge in [0.1, 0.15) is 11.5 Å². The van der Waals surface area contributed by atoms with Crippen LogP contribution in [-0.4, -0.2) is 64.3 Å². The van der Waals surface area contributed by atoms with Gasteiger partial charge in [-0.25, -0.2) is 4.39 Å². The maximum atomic E-state index is 14.4. The second-order valence-electron chi connectivity index (χ2n) is 8.60. The smallest absolute Gasteiger partial charge is 0.312 e. The third-order valence-electron chi connectivity index (χ3n) is 6.28. The van der Waals surface area contributed by atoms with Crippen molar-refractivity contribution >= 4 is 28.6 Å². The Morgan fingerprint density at radius 3 is 2.30 bits per heavy atom. The van der Waals surface area contributed by atoms with E-state index < -0.39 is 11.8 Å². The molecule has 0 unspecified atom stereocenters. The number of hydrogen-bond donors (Lipinski definition) is 1. The van der Waals surface area contributed by atoms with Gasteiger partial charge in [-0.3, -0.25) is 14.4 Å². The van der Waals surface area contributed by atoms with Crippen LogP contribution in [0, 0.1) is 5.82 Å². The highest BCUT2D eigenvalue weighted by Gasteiger charge is 2.32. The van der Waals surface area contributed by atoms with Crippen LogP contribution in [0.25, 0.3) is 10.9 Å². The SMILES string of the molecule is O=C(NC1CC1)C(=O)N1CCN(C(=O)c2cc3ccccc3n2Cc2ccccc2F)CC1. The van der Waals surface area contributed by atoms with Gasteiger partial charge in [0.2, 0.25) is 0 Å². The highest BCUT2D eigenvalue weighted by molar-refractivity contribution is 6.35. The molecule has 0 atom stereocenters. The number of benzene rings is 2. The maximum absolute atomic E-state index is 14.4. The van der Waals surface area contributed by atoms with Gasteiger partial charge >= 0.3 is 11.8 Å². The molecule has 2 aliphatic rings. The van der Waals surface area contributed by atoms with E-state index in [0.717, 1.165) is 23.7 Å². The first-order valence-electron chi connectivity index (χ1n) is 11.2. The van der Waals surface area contributed by atoms with Gasteiger partial charge in [-0.1, -0.05) is 36.4 Å². The van der Waals surface area contributed by atoms with Gasteiger partial charge in [0.15, 0.2) is 0 Å². The van der Waals surface area contributed by atoms with Crippen LogP contribution in [-0.2, 0) is 16.1 Å². The summed E-state index contributed by atoms with van der Waals surface area (Å²) in [6, 6.07) is 16.2. The highest BCUT2D eigenvalue weighted by atomic mass is 19.1. The molecule has 0 spiro atoms. The second kappa shape index (κ2) is 8.69. The quantitative estimate of drug-likeness (QED) is 0.623.